The smallest absolute Gasteiger partial charge is 0.321 e. The van der Waals surface area contributed by atoms with Crippen LogP contribution in [0.15, 0.2) is 53.4 Å². The maximum absolute atomic E-state index is 11.6. The van der Waals surface area contributed by atoms with Gasteiger partial charge >= 0.3 is 5.97 Å². The number of benzene rings is 2. The molecule has 0 radical (unpaired) electrons. The molecule has 110 valence electrons. The van der Waals surface area contributed by atoms with Crippen LogP contribution < -0.4 is 9.47 Å². The number of aliphatic carboxylic acids is 1. The summed E-state index contributed by atoms with van der Waals surface area (Å²) in [5, 5.41) is 8.78. The van der Waals surface area contributed by atoms with Gasteiger partial charge in [0.1, 0.15) is 5.25 Å². The van der Waals surface area contributed by atoms with E-state index in [0.29, 0.717) is 17.1 Å². The molecule has 0 aliphatic heterocycles. The topological polar surface area (TPSA) is 55.8 Å². The van der Waals surface area contributed by atoms with E-state index in [2.05, 4.69) is 0 Å². The normalized spacial score (nSPS) is 11.7. The summed E-state index contributed by atoms with van der Waals surface area (Å²) in [6, 6.07) is 14.6. The zero-order valence-corrected chi connectivity index (χ0v) is 12.6. The van der Waals surface area contributed by atoms with Crippen molar-refractivity contribution in [1.29, 1.82) is 0 Å². The predicted octanol–water partition coefficient (Wildman–Crippen LogP) is 3.62. The molecule has 0 fully saturated rings. The number of hydrogen-bond acceptors (Lipinski definition) is 4. The highest BCUT2D eigenvalue weighted by atomic mass is 32.2. The van der Waals surface area contributed by atoms with Crippen LogP contribution in [0.2, 0.25) is 0 Å². The first-order valence-electron chi connectivity index (χ1n) is 6.32. The number of rotatable bonds is 6. The van der Waals surface area contributed by atoms with Crippen LogP contribution in [-0.4, -0.2) is 25.3 Å². The highest BCUT2D eigenvalue weighted by Gasteiger charge is 2.22. The van der Waals surface area contributed by atoms with E-state index in [0.717, 1.165) is 4.90 Å². The highest BCUT2D eigenvalue weighted by molar-refractivity contribution is 8.00. The van der Waals surface area contributed by atoms with Crippen LogP contribution in [0.5, 0.6) is 11.5 Å². The third-order valence-corrected chi connectivity index (χ3v) is 4.19. The number of carbonyl (C=O) groups is 1. The van der Waals surface area contributed by atoms with Gasteiger partial charge in [-0.25, -0.2) is 0 Å². The standard InChI is InChI=1S/C16H16O4S/c1-19-13-9-8-11(10-14(13)20-2)15(16(17)18)21-12-6-4-3-5-7-12/h3-10,15H,1-2H3,(H,17,18). The molecule has 21 heavy (non-hydrogen) atoms. The number of ether oxygens (including phenoxy) is 2. The zero-order chi connectivity index (χ0) is 15.2. The second-order valence-corrected chi connectivity index (χ2v) is 5.44. The Labute approximate surface area is 127 Å². The Kier molecular flexibility index (Phi) is 5.11. The van der Waals surface area contributed by atoms with Crippen molar-refractivity contribution in [2.24, 2.45) is 0 Å². The quantitative estimate of drug-likeness (QED) is 0.826. The van der Waals surface area contributed by atoms with Crippen LogP contribution in [0.3, 0.4) is 0 Å². The molecule has 2 aromatic carbocycles. The molecule has 0 aliphatic carbocycles. The van der Waals surface area contributed by atoms with Gasteiger partial charge in [-0.05, 0) is 29.8 Å². The molecule has 0 aromatic heterocycles. The summed E-state index contributed by atoms with van der Waals surface area (Å²) >= 11 is 1.29. The Hall–Kier alpha value is -2.14. The van der Waals surface area contributed by atoms with E-state index in [9.17, 15) is 9.90 Å². The molecule has 0 bridgehead atoms. The molecule has 1 atom stereocenters. The molecule has 5 heteroatoms. The van der Waals surface area contributed by atoms with Crippen LogP contribution in [-0.2, 0) is 4.79 Å². The van der Waals surface area contributed by atoms with Gasteiger partial charge in [-0.2, -0.15) is 0 Å². The first-order valence-corrected chi connectivity index (χ1v) is 7.20. The van der Waals surface area contributed by atoms with Crippen LogP contribution in [0.25, 0.3) is 0 Å². The van der Waals surface area contributed by atoms with Gasteiger partial charge < -0.3 is 14.6 Å². The molecule has 0 saturated carbocycles. The van der Waals surface area contributed by atoms with E-state index < -0.39 is 11.2 Å². The van der Waals surface area contributed by atoms with E-state index in [4.69, 9.17) is 9.47 Å². The first-order chi connectivity index (χ1) is 10.2. The average Bonchev–Trinajstić information content (AvgIpc) is 2.52. The molecular weight excluding hydrogens is 288 g/mol. The Bertz CT molecular complexity index is 613. The summed E-state index contributed by atoms with van der Waals surface area (Å²) < 4.78 is 10.4. The molecule has 0 spiro atoms. The third-order valence-electron chi connectivity index (χ3n) is 2.93. The van der Waals surface area contributed by atoms with E-state index in [1.807, 2.05) is 30.3 Å². The number of carboxylic acid groups (broad SMARTS) is 1. The molecule has 1 N–H and O–H groups in total. The predicted molar refractivity (Wildman–Crippen MR) is 82.2 cm³/mol. The maximum Gasteiger partial charge on any atom is 0.321 e. The van der Waals surface area contributed by atoms with E-state index in [1.165, 1.54) is 18.9 Å². The zero-order valence-electron chi connectivity index (χ0n) is 11.8. The number of carboxylic acids is 1. The average molecular weight is 304 g/mol. The maximum atomic E-state index is 11.6. The summed E-state index contributed by atoms with van der Waals surface area (Å²) in [6.07, 6.45) is 0. The fraction of sp³-hybridized carbons (Fsp3) is 0.188. The van der Waals surface area contributed by atoms with E-state index in [1.54, 1.807) is 25.3 Å². The van der Waals surface area contributed by atoms with Gasteiger partial charge in [0.25, 0.3) is 0 Å². The van der Waals surface area contributed by atoms with Gasteiger partial charge in [-0.1, -0.05) is 24.3 Å². The minimum absolute atomic E-state index is 0.523. The molecular formula is C16H16O4S. The second-order valence-electron chi connectivity index (χ2n) is 4.26. The third kappa shape index (κ3) is 3.70. The lowest BCUT2D eigenvalue weighted by Crippen LogP contribution is -2.08. The minimum Gasteiger partial charge on any atom is -0.493 e. The lowest BCUT2D eigenvalue weighted by molar-refractivity contribution is -0.136. The number of methoxy groups -OCH3 is 2. The van der Waals surface area contributed by atoms with Gasteiger partial charge in [0.05, 0.1) is 14.2 Å². The van der Waals surface area contributed by atoms with Crippen LogP contribution in [0.1, 0.15) is 10.8 Å². The van der Waals surface area contributed by atoms with Crippen molar-refractivity contribution in [3.8, 4) is 11.5 Å². The van der Waals surface area contributed by atoms with Crippen molar-refractivity contribution >= 4 is 17.7 Å². The van der Waals surface area contributed by atoms with Crippen molar-refractivity contribution in [2.75, 3.05) is 14.2 Å². The highest BCUT2D eigenvalue weighted by Crippen LogP contribution is 2.38. The van der Waals surface area contributed by atoms with Gasteiger partial charge in [-0.15, -0.1) is 11.8 Å². The summed E-state index contributed by atoms with van der Waals surface area (Å²) in [7, 11) is 3.08. The second kappa shape index (κ2) is 7.04. The summed E-state index contributed by atoms with van der Waals surface area (Å²) in [6.45, 7) is 0. The fourth-order valence-corrected chi connectivity index (χ4v) is 2.88. The molecule has 0 heterocycles. The molecule has 0 aliphatic rings. The Morgan fingerprint density at radius 1 is 1.05 bits per heavy atom. The lowest BCUT2D eigenvalue weighted by Gasteiger charge is -2.15. The molecule has 2 rings (SSSR count). The lowest BCUT2D eigenvalue weighted by atomic mass is 10.1. The monoisotopic (exact) mass is 304 g/mol. The Morgan fingerprint density at radius 2 is 1.71 bits per heavy atom. The number of hydrogen-bond donors (Lipinski definition) is 1. The van der Waals surface area contributed by atoms with Gasteiger partial charge in [0.2, 0.25) is 0 Å². The van der Waals surface area contributed by atoms with Crippen molar-refractivity contribution < 1.29 is 19.4 Å². The van der Waals surface area contributed by atoms with E-state index >= 15 is 0 Å². The SMILES string of the molecule is COc1ccc(C(Sc2ccccc2)C(=O)O)cc1OC. The van der Waals surface area contributed by atoms with Crippen LogP contribution in [0.4, 0.5) is 0 Å². The van der Waals surface area contributed by atoms with Gasteiger partial charge in [-0.3, -0.25) is 4.79 Å². The Balaban J connectivity index is 2.32. The van der Waals surface area contributed by atoms with Gasteiger partial charge in [0, 0.05) is 4.90 Å². The molecule has 0 saturated heterocycles. The largest absolute Gasteiger partial charge is 0.493 e. The molecule has 4 nitrogen and oxygen atoms in total. The number of thioether (sulfide) groups is 1. The van der Waals surface area contributed by atoms with Crippen molar-refractivity contribution in [3.63, 3.8) is 0 Å². The van der Waals surface area contributed by atoms with Crippen molar-refractivity contribution in [1.82, 2.24) is 0 Å². The summed E-state index contributed by atoms with van der Waals surface area (Å²) in [4.78, 5) is 12.5. The van der Waals surface area contributed by atoms with E-state index in [-0.39, 0.29) is 0 Å². The Morgan fingerprint density at radius 3 is 2.29 bits per heavy atom. The summed E-state index contributed by atoms with van der Waals surface area (Å²) in [5.74, 6) is 0.209. The summed E-state index contributed by atoms with van der Waals surface area (Å²) in [5.41, 5.74) is 0.661. The minimum atomic E-state index is -0.893. The van der Waals surface area contributed by atoms with Crippen molar-refractivity contribution in [3.05, 3.63) is 54.1 Å². The molecule has 0 amide bonds. The van der Waals surface area contributed by atoms with Crippen molar-refractivity contribution in [2.45, 2.75) is 10.1 Å². The van der Waals surface area contributed by atoms with Crippen LogP contribution >= 0.6 is 11.8 Å². The first kappa shape index (κ1) is 15.3. The fourth-order valence-electron chi connectivity index (χ4n) is 1.91. The molecule has 1 unspecified atom stereocenters. The van der Waals surface area contributed by atoms with Gasteiger partial charge in [0.15, 0.2) is 11.5 Å². The molecule has 2 aromatic rings. The van der Waals surface area contributed by atoms with Crippen LogP contribution in [0, 0.1) is 0 Å².